The van der Waals surface area contributed by atoms with E-state index in [1.165, 1.54) is 4.90 Å². The predicted molar refractivity (Wildman–Crippen MR) is 51.7 cm³/mol. The molecule has 15 heavy (non-hydrogen) atoms. The molecule has 0 radical (unpaired) electrons. The Morgan fingerprint density at radius 1 is 1.47 bits per heavy atom. The maximum absolute atomic E-state index is 11.9. The average molecular weight is 247 g/mol. The van der Waals surface area contributed by atoms with Gasteiger partial charge in [-0.25, -0.2) is 0 Å². The fourth-order valence-electron chi connectivity index (χ4n) is 1.52. The highest BCUT2D eigenvalue weighted by Crippen LogP contribution is 2.21. The van der Waals surface area contributed by atoms with Crippen LogP contribution in [0.15, 0.2) is 0 Å². The van der Waals surface area contributed by atoms with Gasteiger partial charge in [-0.2, -0.15) is 13.2 Å². The van der Waals surface area contributed by atoms with Crippen molar-refractivity contribution in [3.63, 3.8) is 0 Å². The molecule has 1 amide bonds. The number of hydrogen-bond acceptors (Lipinski definition) is 2. The molecule has 1 fully saturated rings. The molecule has 0 aromatic carbocycles. The number of hydrogen-bond donors (Lipinski definition) is 1. The number of rotatable bonds is 1. The molecule has 0 spiro atoms. The lowest BCUT2D eigenvalue weighted by atomic mass is 10.1. The highest BCUT2D eigenvalue weighted by molar-refractivity contribution is 5.85. The SMILES string of the molecule is Cl.NC1CCCN(C(=O)CC(F)(F)F)C1. The number of halogens is 4. The van der Waals surface area contributed by atoms with Crippen LogP contribution in [0.25, 0.3) is 0 Å². The third-order valence-corrected chi connectivity index (χ3v) is 2.16. The van der Waals surface area contributed by atoms with E-state index in [9.17, 15) is 18.0 Å². The van der Waals surface area contributed by atoms with Crippen LogP contribution < -0.4 is 5.73 Å². The lowest BCUT2D eigenvalue weighted by molar-refractivity contribution is -0.162. The molecule has 0 aromatic rings. The van der Waals surface area contributed by atoms with Crippen LogP contribution in [-0.4, -0.2) is 36.1 Å². The smallest absolute Gasteiger partial charge is 0.341 e. The summed E-state index contributed by atoms with van der Waals surface area (Å²) in [7, 11) is 0. The first-order chi connectivity index (χ1) is 6.38. The first-order valence-corrected chi connectivity index (χ1v) is 4.48. The van der Waals surface area contributed by atoms with Crippen LogP contribution in [0, 0.1) is 0 Å². The molecule has 0 aliphatic carbocycles. The first-order valence-electron chi connectivity index (χ1n) is 4.48. The van der Waals surface area contributed by atoms with Crippen LogP contribution in [0.2, 0.25) is 0 Å². The Morgan fingerprint density at radius 3 is 2.53 bits per heavy atom. The van der Waals surface area contributed by atoms with Crippen molar-refractivity contribution < 1.29 is 18.0 Å². The van der Waals surface area contributed by atoms with Gasteiger partial charge >= 0.3 is 6.18 Å². The minimum Gasteiger partial charge on any atom is -0.341 e. The maximum atomic E-state index is 11.9. The minimum atomic E-state index is -4.42. The summed E-state index contributed by atoms with van der Waals surface area (Å²) in [6.45, 7) is 0.636. The normalized spacial score (nSPS) is 22.1. The van der Waals surface area contributed by atoms with E-state index in [0.29, 0.717) is 13.0 Å². The Bertz CT molecular complexity index is 222. The van der Waals surface area contributed by atoms with Crippen molar-refractivity contribution in [3.05, 3.63) is 0 Å². The Hall–Kier alpha value is -0.490. The highest BCUT2D eigenvalue weighted by atomic mass is 35.5. The molecule has 1 rings (SSSR count). The maximum Gasteiger partial charge on any atom is 0.397 e. The number of nitrogens with two attached hydrogens (primary N) is 1. The molecule has 1 saturated heterocycles. The Kier molecular flexibility index (Phi) is 5.37. The van der Waals surface area contributed by atoms with Crippen molar-refractivity contribution in [2.24, 2.45) is 5.73 Å². The van der Waals surface area contributed by atoms with E-state index in [-0.39, 0.29) is 25.0 Å². The van der Waals surface area contributed by atoms with E-state index < -0.39 is 18.5 Å². The van der Waals surface area contributed by atoms with Gasteiger partial charge < -0.3 is 10.6 Å². The topological polar surface area (TPSA) is 46.3 Å². The van der Waals surface area contributed by atoms with Crippen LogP contribution in [-0.2, 0) is 4.79 Å². The largest absolute Gasteiger partial charge is 0.397 e. The molecule has 1 unspecified atom stereocenters. The quantitative estimate of drug-likeness (QED) is 0.758. The number of amides is 1. The van der Waals surface area contributed by atoms with Crippen LogP contribution in [0.1, 0.15) is 19.3 Å². The van der Waals surface area contributed by atoms with Crippen molar-refractivity contribution in [1.82, 2.24) is 4.90 Å². The summed E-state index contributed by atoms with van der Waals surface area (Å²) in [5.74, 6) is -0.868. The summed E-state index contributed by atoms with van der Waals surface area (Å²) in [5, 5.41) is 0. The van der Waals surface area contributed by atoms with E-state index >= 15 is 0 Å². The first kappa shape index (κ1) is 14.5. The summed E-state index contributed by atoms with van der Waals surface area (Å²) >= 11 is 0. The number of likely N-dealkylation sites (tertiary alicyclic amines) is 1. The Balaban J connectivity index is 0.00000196. The summed E-state index contributed by atoms with van der Waals surface area (Å²) in [6, 6.07) is -0.180. The van der Waals surface area contributed by atoms with E-state index in [0.717, 1.165) is 6.42 Å². The fraction of sp³-hybridized carbons (Fsp3) is 0.875. The number of carbonyl (C=O) groups excluding carboxylic acids is 1. The molecule has 0 bridgehead atoms. The molecule has 0 aromatic heterocycles. The van der Waals surface area contributed by atoms with Crippen LogP contribution in [0.3, 0.4) is 0 Å². The zero-order chi connectivity index (χ0) is 10.8. The van der Waals surface area contributed by atoms with E-state index in [2.05, 4.69) is 0 Å². The molecule has 1 aliphatic rings. The number of piperidine rings is 1. The lowest BCUT2D eigenvalue weighted by Crippen LogP contribution is -2.46. The van der Waals surface area contributed by atoms with Crippen LogP contribution in [0.4, 0.5) is 13.2 Å². The van der Waals surface area contributed by atoms with Gasteiger partial charge in [-0.05, 0) is 12.8 Å². The van der Waals surface area contributed by atoms with Gasteiger partial charge in [0.1, 0.15) is 6.42 Å². The second-order valence-corrected chi connectivity index (χ2v) is 3.53. The van der Waals surface area contributed by atoms with Gasteiger partial charge in [0.05, 0.1) is 0 Å². The molecule has 1 aliphatic heterocycles. The highest BCUT2D eigenvalue weighted by Gasteiger charge is 2.34. The molecule has 2 N–H and O–H groups in total. The molecule has 7 heteroatoms. The van der Waals surface area contributed by atoms with Gasteiger partial charge in [-0.15, -0.1) is 12.4 Å². The van der Waals surface area contributed by atoms with Gasteiger partial charge in [0.2, 0.25) is 5.91 Å². The molecular formula is C8H14ClF3N2O. The zero-order valence-corrected chi connectivity index (χ0v) is 8.90. The second-order valence-electron chi connectivity index (χ2n) is 3.53. The summed E-state index contributed by atoms with van der Waals surface area (Å²) in [5.41, 5.74) is 5.55. The van der Waals surface area contributed by atoms with Crippen molar-refractivity contribution >= 4 is 18.3 Å². The van der Waals surface area contributed by atoms with Gasteiger partial charge in [-0.3, -0.25) is 4.79 Å². The Labute approximate surface area is 92.2 Å². The van der Waals surface area contributed by atoms with E-state index in [1.54, 1.807) is 0 Å². The summed E-state index contributed by atoms with van der Waals surface area (Å²) in [6.07, 6.45) is -4.33. The van der Waals surface area contributed by atoms with E-state index in [1.807, 2.05) is 0 Å². The Morgan fingerprint density at radius 2 is 2.07 bits per heavy atom. The van der Waals surface area contributed by atoms with E-state index in [4.69, 9.17) is 5.73 Å². The third-order valence-electron chi connectivity index (χ3n) is 2.16. The lowest BCUT2D eigenvalue weighted by Gasteiger charge is -2.31. The summed E-state index contributed by atoms with van der Waals surface area (Å²) < 4.78 is 35.6. The van der Waals surface area contributed by atoms with Crippen molar-refractivity contribution in [2.45, 2.75) is 31.5 Å². The van der Waals surface area contributed by atoms with Crippen molar-refractivity contribution in [3.8, 4) is 0 Å². The van der Waals surface area contributed by atoms with Gasteiger partial charge in [-0.1, -0.05) is 0 Å². The number of alkyl halides is 3. The molecule has 1 heterocycles. The summed E-state index contributed by atoms with van der Waals surface area (Å²) in [4.78, 5) is 12.3. The van der Waals surface area contributed by atoms with Crippen LogP contribution in [0.5, 0.6) is 0 Å². The standard InChI is InChI=1S/C8H13F3N2O.ClH/c9-8(10,11)4-7(14)13-3-1-2-6(12)5-13;/h6H,1-5,12H2;1H. The zero-order valence-electron chi connectivity index (χ0n) is 8.09. The molecule has 3 nitrogen and oxygen atoms in total. The predicted octanol–water partition coefficient (Wildman–Crippen LogP) is 1.31. The molecule has 0 saturated carbocycles. The van der Waals surface area contributed by atoms with Gasteiger partial charge in [0.25, 0.3) is 0 Å². The van der Waals surface area contributed by atoms with Gasteiger partial charge in [0.15, 0.2) is 0 Å². The average Bonchev–Trinajstić information content (AvgIpc) is 2.01. The molecule has 90 valence electrons. The second kappa shape index (κ2) is 5.55. The molecular weight excluding hydrogens is 233 g/mol. The molecule has 1 atom stereocenters. The monoisotopic (exact) mass is 246 g/mol. The number of nitrogens with zero attached hydrogens (tertiary/aromatic N) is 1. The fourth-order valence-corrected chi connectivity index (χ4v) is 1.52. The van der Waals surface area contributed by atoms with Crippen molar-refractivity contribution in [2.75, 3.05) is 13.1 Å². The van der Waals surface area contributed by atoms with Crippen LogP contribution >= 0.6 is 12.4 Å². The van der Waals surface area contributed by atoms with Gasteiger partial charge in [0, 0.05) is 19.1 Å². The minimum absolute atomic E-state index is 0. The third kappa shape index (κ3) is 5.22. The number of carbonyl (C=O) groups is 1. The van der Waals surface area contributed by atoms with Crippen molar-refractivity contribution in [1.29, 1.82) is 0 Å².